The molecule has 0 saturated carbocycles. The van der Waals surface area contributed by atoms with Crippen molar-refractivity contribution in [2.75, 3.05) is 50.6 Å². The number of hydrogen-bond acceptors (Lipinski definition) is 9. The van der Waals surface area contributed by atoms with E-state index in [9.17, 15) is 23.1 Å². The molecule has 0 bridgehead atoms. The van der Waals surface area contributed by atoms with Crippen molar-refractivity contribution in [3.63, 3.8) is 0 Å². The number of aromatic nitrogens is 2. The van der Waals surface area contributed by atoms with E-state index >= 15 is 0 Å². The fourth-order valence-corrected chi connectivity index (χ4v) is 5.94. The molecule has 1 spiro atoms. The minimum absolute atomic E-state index is 0.157. The molecule has 2 saturated heterocycles. The number of hydrogen-bond donors (Lipinski definition) is 3. The van der Waals surface area contributed by atoms with Crippen LogP contribution in [0.3, 0.4) is 0 Å². The zero-order valence-corrected chi connectivity index (χ0v) is 24.7. The number of piperidine rings is 1. The second-order valence-electron chi connectivity index (χ2n) is 11.0. The fourth-order valence-electron chi connectivity index (χ4n) is 5.77. The highest BCUT2D eigenvalue weighted by atomic mass is 35.5. The molecule has 2 atom stereocenters. The molecule has 1 aromatic heterocycles. The lowest BCUT2D eigenvalue weighted by atomic mass is 9.76. The number of nitrogens with zero attached hydrogens (tertiary/aromatic N) is 3. The van der Waals surface area contributed by atoms with Gasteiger partial charge in [-0.25, -0.2) is 0 Å². The van der Waals surface area contributed by atoms with E-state index in [1.165, 1.54) is 31.4 Å². The molecular formula is C30H33ClF3N5O5. The van der Waals surface area contributed by atoms with Gasteiger partial charge in [-0.3, -0.25) is 4.79 Å². The predicted molar refractivity (Wildman–Crippen MR) is 158 cm³/mol. The highest BCUT2D eigenvalue weighted by Crippen LogP contribution is 2.44. The molecule has 0 amide bonds. The van der Waals surface area contributed by atoms with Crippen molar-refractivity contribution in [1.82, 2.24) is 15.3 Å². The molecule has 44 heavy (non-hydrogen) atoms. The lowest BCUT2D eigenvalue weighted by molar-refractivity contribution is -0.198. The highest BCUT2D eigenvalue weighted by molar-refractivity contribution is 6.30. The van der Waals surface area contributed by atoms with Crippen LogP contribution in [-0.2, 0) is 9.53 Å². The number of nitrogens with one attached hydrogen (secondary N) is 1. The number of anilines is 2. The number of rotatable bonds is 10. The Morgan fingerprint density at radius 1 is 1.18 bits per heavy atom. The summed E-state index contributed by atoms with van der Waals surface area (Å²) in [4.78, 5) is 21.5. The molecule has 3 aromatic rings. The van der Waals surface area contributed by atoms with Crippen molar-refractivity contribution in [3.8, 4) is 22.8 Å². The first-order chi connectivity index (χ1) is 21.0. The number of methoxy groups -OCH3 is 1. The van der Waals surface area contributed by atoms with Gasteiger partial charge in [-0.2, -0.15) is 23.1 Å². The van der Waals surface area contributed by atoms with Crippen molar-refractivity contribution in [1.29, 1.82) is 0 Å². The van der Waals surface area contributed by atoms with Gasteiger partial charge in [-0.1, -0.05) is 29.8 Å². The van der Waals surface area contributed by atoms with Crippen molar-refractivity contribution in [3.05, 3.63) is 59.1 Å². The normalized spacial score (nSPS) is 18.8. The Bertz CT molecular complexity index is 1490. The Morgan fingerprint density at radius 2 is 1.95 bits per heavy atom. The Morgan fingerprint density at radius 3 is 2.64 bits per heavy atom. The summed E-state index contributed by atoms with van der Waals surface area (Å²) in [5.41, 5.74) is 6.28. The number of halogens is 4. The Balaban J connectivity index is 1.40. The van der Waals surface area contributed by atoms with Gasteiger partial charge in [-0.15, -0.1) is 0 Å². The van der Waals surface area contributed by atoms with Crippen molar-refractivity contribution >= 4 is 29.3 Å². The van der Waals surface area contributed by atoms with Crippen molar-refractivity contribution in [2.24, 2.45) is 5.41 Å². The van der Waals surface area contributed by atoms with Crippen LogP contribution in [0.4, 0.5) is 24.9 Å². The van der Waals surface area contributed by atoms with Crippen LogP contribution in [0.5, 0.6) is 11.6 Å². The van der Waals surface area contributed by atoms with E-state index in [1.807, 2.05) is 4.90 Å². The number of carboxylic acid groups (broad SMARTS) is 1. The Kier molecular flexibility index (Phi) is 9.37. The van der Waals surface area contributed by atoms with Crippen LogP contribution >= 0.6 is 11.6 Å². The van der Waals surface area contributed by atoms with Gasteiger partial charge in [0.25, 0.3) is 0 Å². The zero-order valence-electron chi connectivity index (χ0n) is 23.9. The van der Waals surface area contributed by atoms with E-state index < -0.39 is 24.3 Å². The SMILES string of the molecule is COCCOc1cccc(-c2cc(Cl)ccc2C(Oc2cc(N3CCC4(CC3)CN[C@H](C(=O)O)C4)nc(N)n2)C(F)(F)F)c1. The maximum Gasteiger partial charge on any atom is 0.429 e. The summed E-state index contributed by atoms with van der Waals surface area (Å²) in [6.45, 7) is 2.26. The van der Waals surface area contributed by atoms with Crippen molar-refractivity contribution in [2.45, 2.75) is 37.6 Å². The lowest BCUT2D eigenvalue weighted by Crippen LogP contribution is -2.41. The quantitative estimate of drug-likeness (QED) is 0.258. The maximum atomic E-state index is 14.7. The van der Waals surface area contributed by atoms with E-state index in [2.05, 4.69) is 15.3 Å². The molecule has 1 unspecified atom stereocenters. The average Bonchev–Trinajstić information content (AvgIpc) is 3.40. The first-order valence-corrected chi connectivity index (χ1v) is 14.4. The highest BCUT2D eigenvalue weighted by Gasteiger charge is 2.46. The molecule has 0 radical (unpaired) electrons. The second-order valence-corrected chi connectivity index (χ2v) is 11.5. The number of ether oxygens (including phenoxy) is 3. The third-order valence-corrected chi connectivity index (χ3v) is 8.28. The van der Waals surface area contributed by atoms with Gasteiger partial charge in [0.05, 0.1) is 6.61 Å². The number of carbonyl (C=O) groups is 1. The van der Waals surface area contributed by atoms with Gasteiger partial charge in [-0.05, 0) is 60.1 Å². The first-order valence-electron chi connectivity index (χ1n) is 14.1. The van der Waals surface area contributed by atoms with Gasteiger partial charge >= 0.3 is 12.1 Å². The smallest absolute Gasteiger partial charge is 0.429 e. The summed E-state index contributed by atoms with van der Waals surface area (Å²) in [7, 11) is 1.54. The van der Waals surface area contributed by atoms with Gasteiger partial charge in [0.15, 0.2) is 0 Å². The summed E-state index contributed by atoms with van der Waals surface area (Å²) in [6.07, 6.45) is -5.33. The third kappa shape index (κ3) is 7.28. The molecular weight excluding hydrogens is 603 g/mol. The number of carboxylic acids is 1. The Hall–Kier alpha value is -3.81. The van der Waals surface area contributed by atoms with E-state index in [-0.39, 0.29) is 40.0 Å². The van der Waals surface area contributed by atoms with Gasteiger partial charge < -0.3 is 35.3 Å². The molecule has 5 rings (SSSR count). The number of benzene rings is 2. The zero-order chi connectivity index (χ0) is 31.5. The summed E-state index contributed by atoms with van der Waals surface area (Å²) in [5.74, 6) is -0.647. The molecule has 3 heterocycles. The average molecular weight is 636 g/mol. The van der Waals surface area contributed by atoms with Crippen LogP contribution in [-0.4, -0.2) is 73.2 Å². The van der Waals surface area contributed by atoms with Gasteiger partial charge in [0.1, 0.15) is 24.2 Å². The van der Waals surface area contributed by atoms with Crippen molar-refractivity contribution < 1.29 is 37.3 Å². The van der Waals surface area contributed by atoms with Crippen LogP contribution in [0.25, 0.3) is 11.1 Å². The molecule has 4 N–H and O–H groups in total. The van der Waals surface area contributed by atoms with Crippen LogP contribution in [0.2, 0.25) is 5.02 Å². The monoisotopic (exact) mass is 635 g/mol. The first kappa shape index (κ1) is 31.6. The summed E-state index contributed by atoms with van der Waals surface area (Å²) >= 11 is 6.24. The molecule has 2 aliphatic rings. The molecule has 10 nitrogen and oxygen atoms in total. The minimum Gasteiger partial charge on any atom is -0.491 e. The van der Waals surface area contributed by atoms with E-state index in [4.69, 9.17) is 31.5 Å². The second kappa shape index (κ2) is 13.0. The molecule has 0 aliphatic carbocycles. The number of alkyl halides is 3. The van der Waals surface area contributed by atoms with Crippen LogP contribution in [0, 0.1) is 5.41 Å². The molecule has 2 aromatic carbocycles. The number of nitrogen functional groups attached to an aromatic ring is 1. The molecule has 2 fully saturated rings. The van der Waals surface area contributed by atoms with Gasteiger partial charge in [0, 0.05) is 43.4 Å². The minimum atomic E-state index is -4.83. The topological polar surface area (TPSA) is 132 Å². The van der Waals surface area contributed by atoms with E-state index in [1.54, 1.807) is 24.3 Å². The Labute approximate surface area is 257 Å². The van der Waals surface area contributed by atoms with E-state index in [0.29, 0.717) is 62.6 Å². The number of aliphatic carboxylic acids is 1. The largest absolute Gasteiger partial charge is 0.491 e. The fraction of sp³-hybridized carbons (Fsp3) is 0.433. The van der Waals surface area contributed by atoms with Crippen LogP contribution in [0.1, 0.15) is 30.9 Å². The maximum absolute atomic E-state index is 14.7. The number of nitrogens with two attached hydrogens (primary N) is 1. The summed E-state index contributed by atoms with van der Waals surface area (Å²) < 4.78 is 60.2. The lowest BCUT2D eigenvalue weighted by Gasteiger charge is -2.39. The van der Waals surface area contributed by atoms with Crippen LogP contribution < -0.4 is 25.4 Å². The van der Waals surface area contributed by atoms with E-state index in [0.717, 1.165) is 0 Å². The third-order valence-electron chi connectivity index (χ3n) is 8.05. The van der Waals surface area contributed by atoms with Crippen LogP contribution in [0.15, 0.2) is 48.5 Å². The summed E-state index contributed by atoms with van der Waals surface area (Å²) in [6, 6.07) is 11.5. The van der Waals surface area contributed by atoms with Gasteiger partial charge in [0.2, 0.25) is 17.9 Å². The molecule has 2 aliphatic heterocycles. The molecule has 236 valence electrons. The standard InChI is InChI=1S/C30H33ClF3N5O5/c1-42-11-12-43-20-4-2-3-18(13-20)22-14-19(31)5-6-21(22)26(30(32,33)34)44-25-15-24(37-28(35)38-25)39-9-7-29(8-10-39)16-23(27(40)41)36-17-29/h2-6,13-15,23,26,36H,7-12,16-17H2,1H3,(H,40,41)(H2,35,37,38)/t23-,26?/m0/s1. The molecule has 14 heteroatoms. The predicted octanol–water partition coefficient (Wildman–Crippen LogP) is 5.12. The summed E-state index contributed by atoms with van der Waals surface area (Å²) in [5, 5.41) is 12.7.